The lowest BCUT2D eigenvalue weighted by molar-refractivity contribution is -0.115. The fourth-order valence-electron chi connectivity index (χ4n) is 2.83. The van der Waals surface area contributed by atoms with Gasteiger partial charge in [0, 0.05) is 16.5 Å². The predicted molar refractivity (Wildman–Crippen MR) is 119 cm³/mol. The van der Waals surface area contributed by atoms with Crippen LogP contribution in [0.5, 0.6) is 17.2 Å². The summed E-state index contributed by atoms with van der Waals surface area (Å²) >= 11 is 1.32. The van der Waals surface area contributed by atoms with Crippen LogP contribution in [0.4, 0.5) is 5.13 Å². The van der Waals surface area contributed by atoms with Crippen molar-refractivity contribution in [3.63, 3.8) is 0 Å². The SMILES string of the molecule is COc1cc(C(=O)NCC(=O)Nc2nc(-c3ccc(C)cc3)cs2)cc(OC)c1OC. The first-order valence-corrected chi connectivity index (χ1v) is 10.2. The molecule has 3 aromatic rings. The molecule has 0 spiro atoms. The third-order valence-electron chi connectivity index (χ3n) is 4.43. The summed E-state index contributed by atoms with van der Waals surface area (Å²) in [4.78, 5) is 29.2. The fraction of sp³-hybridized carbons (Fsp3) is 0.227. The minimum Gasteiger partial charge on any atom is -0.493 e. The zero-order valence-electron chi connectivity index (χ0n) is 17.6. The van der Waals surface area contributed by atoms with Gasteiger partial charge in [0.2, 0.25) is 11.7 Å². The van der Waals surface area contributed by atoms with E-state index < -0.39 is 5.91 Å². The molecule has 2 N–H and O–H groups in total. The van der Waals surface area contributed by atoms with Crippen LogP contribution in [-0.2, 0) is 4.79 Å². The maximum absolute atomic E-state index is 12.5. The summed E-state index contributed by atoms with van der Waals surface area (Å²) in [6.45, 7) is 1.80. The number of thiazole rings is 1. The quantitative estimate of drug-likeness (QED) is 0.555. The fourth-order valence-corrected chi connectivity index (χ4v) is 3.56. The highest BCUT2D eigenvalue weighted by atomic mass is 32.1. The van der Waals surface area contributed by atoms with Crippen molar-refractivity contribution in [2.24, 2.45) is 0 Å². The van der Waals surface area contributed by atoms with E-state index in [0.29, 0.717) is 22.4 Å². The standard InChI is InChI=1S/C22H23N3O5S/c1-13-5-7-14(8-6-13)16-12-31-22(24-16)25-19(26)11-23-21(27)15-9-17(28-2)20(30-4)18(10-15)29-3/h5-10,12H,11H2,1-4H3,(H,23,27)(H,24,25,26). The molecule has 2 aromatic carbocycles. The number of methoxy groups -OCH3 is 3. The summed E-state index contributed by atoms with van der Waals surface area (Å²) in [5.74, 6) is 0.248. The molecule has 162 valence electrons. The lowest BCUT2D eigenvalue weighted by Crippen LogP contribution is -2.32. The van der Waals surface area contributed by atoms with E-state index in [2.05, 4.69) is 15.6 Å². The normalized spacial score (nSPS) is 10.3. The molecule has 31 heavy (non-hydrogen) atoms. The molecule has 0 aliphatic heterocycles. The van der Waals surface area contributed by atoms with Crippen LogP contribution in [0.15, 0.2) is 41.8 Å². The molecule has 0 atom stereocenters. The molecule has 3 rings (SSSR count). The molecule has 8 nitrogen and oxygen atoms in total. The van der Waals surface area contributed by atoms with Crippen molar-refractivity contribution in [3.05, 3.63) is 52.9 Å². The van der Waals surface area contributed by atoms with Crippen LogP contribution in [0.2, 0.25) is 0 Å². The van der Waals surface area contributed by atoms with E-state index in [0.717, 1.165) is 16.8 Å². The van der Waals surface area contributed by atoms with Crippen LogP contribution in [0, 0.1) is 6.92 Å². The first-order chi connectivity index (χ1) is 14.9. The summed E-state index contributed by atoms with van der Waals surface area (Å²) in [7, 11) is 4.41. The van der Waals surface area contributed by atoms with Gasteiger partial charge >= 0.3 is 0 Å². The summed E-state index contributed by atoms with van der Waals surface area (Å²) in [6, 6.07) is 11.0. The second-order valence-corrected chi connectivity index (χ2v) is 7.41. The van der Waals surface area contributed by atoms with Gasteiger partial charge in [0.25, 0.3) is 5.91 Å². The number of carbonyl (C=O) groups excluding carboxylic acids is 2. The highest BCUT2D eigenvalue weighted by Gasteiger charge is 2.17. The number of anilines is 1. The first kappa shape index (κ1) is 22.1. The number of aromatic nitrogens is 1. The number of carbonyl (C=O) groups is 2. The van der Waals surface area contributed by atoms with Crippen molar-refractivity contribution >= 4 is 28.3 Å². The van der Waals surface area contributed by atoms with E-state index in [1.807, 2.05) is 36.6 Å². The lowest BCUT2D eigenvalue weighted by Gasteiger charge is -2.14. The molecule has 9 heteroatoms. The van der Waals surface area contributed by atoms with E-state index in [4.69, 9.17) is 14.2 Å². The maximum atomic E-state index is 12.5. The summed E-state index contributed by atoms with van der Waals surface area (Å²) in [6.07, 6.45) is 0. The van der Waals surface area contributed by atoms with Gasteiger partial charge in [0.15, 0.2) is 16.6 Å². The Labute approximate surface area is 184 Å². The van der Waals surface area contributed by atoms with E-state index in [9.17, 15) is 9.59 Å². The number of amides is 2. The van der Waals surface area contributed by atoms with Gasteiger partial charge < -0.3 is 24.8 Å². The Kier molecular flexibility index (Phi) is 7.09. The number of ether oxygens (including phenoxy) is 3. The van der Waals surface area contributed by atoms with Gasteiger partial charge in [-0.05, 0) is 19.1 Å². The Bertz CT molecular complexity index is 1050. The zero-order chi connectivity index (χ0) is 22.4. The van der Waals surface area contributed by atoms with Gasteiger partial charge in [-0.25, -0.2) is 4.98 Å². The van der Waals surface area contributed by atoms with Crippen molar-refractivity contribution < 1.29 is 23.8 Å². The van der Waals surface area contributed by atoms with Crippen molar-refractivity contribution in [2.75, 3.05) is 33.2 Å². The largest absolute Gasteiger partial charge is 0.493 e. The minimum absolute atomic E-state index is 0.213. The third-order valence-corrected chi connectivity index (χ3v) is 5.19. The van der Waals surface area contributed by atoms with Gasteiger partial charge in [0.05, 0.1) is 33.6 Å². The highest BCUT2D eigenvalue weighted by Crippen LogP contribution is 2.38. The molecule has 0 fully saturated rings. The monoisotopic (exact) mass is 441 g/mol. The third kappa shape index (κ3) is 5.32. The summed E-state index contributed by atoms with van der Waals surface area (Å²) < 4.78 is 15.7. The summed E-state index contributed by atoms with van der Waals surface area (Å²) in [5.41, 5.74) is 3.19. The maximum Gasteiger partial charge on any atom is 0.251 e. The van der Waals surface area contributed by atoms with Crippen molar-refractivity contribution in [3.8, 4) is 28.5 Å². The molecule has 0 aliphatic carbocycles. The van der Waals surface area contributed by atoms with E-state index in [1.54, 1.807) is 0 Å². The molecule has 0 bridgehead atoms. The van der Waals surface area contributed by atoms with E-state index >= 15 is 0 Å². The number of rotatable bonds is 8. The van der Waals surface area contributed by atoms with E-state index in [1.165, 1.54) is 44.8 Å². The second-order valence-electron chi connectivity index (χ2n) is 6.55. The Hall–Kier alpha value is -3.59. The van der Waals surface area contributed by atoms with Crippen LogP contribution in [0.1, 0.15) is 15.9 Å². The van der Waals surface area contributed by atoms with Crippen LogP contribution >= 0.6 is 11.3 Å². The van der Waals surface area contributed by atoms with Gasteiger partial charge in [-0.3, -0.25) is 9.59 Å². The first-order valence-electron chi connectivity index (χ1n) is 9.35. The minimum atomic E-state index is -0.450. The average Bonchev–Trinajstić information content (AvgIpc) is 3.25. The molecule has 0 aliphatic rings. The molecule has 0 radical (unpaired) electrons. The van der Waals surface area contributed by atoms with Crippen LogP contribution < -0.4 is 24.8 Å². The number of benzene rings is 2. The molecular formula is C22H23N3O5S. The number of nitrogens with zero attached hydrogens (tertiary/aromatic N) is 1. The molecule has 0 saturated carbocycles. The number of hydrogen-bond acceptors (Lipinski definition) is 7. The molecule has 1 heterocycles. The average molecular weight is 442 g/mol. The lowest BCUT2D eigenvalue weighted by atomic mass is 10.1. The highest BCUT2D eigenvalue weighted by molar-refractivity contribution is 7.14. The molecule has 1 aromatic heterocycles. The van der Waals surface area contributed by atoms with Gasteiger partial charge in [-0.1, -0.05) is 29.8 Å². The van der Waals surface area contributed by atoms with Gasteiger partial charge in [-0.2, -0.15) is 0 Å². The Balaban J connectivity index is 1.61. The topological polar surface area (TPSA) is 98.8 Å². The van der Waals surface area contributed by atoms with Gasteiger partial charge in [-0.15, -0.1) is 11.3 Å². The van der Waals surface area contributed by atoms with Gasteiger partial charge in [0.1, 0.15) is 0 Å². The summed E-state index contributed by atoms with van der Waals surface area (Å²) in [5, 5.41) is 7.61. The number of nitrogens with one attached hydrogen (secondary N) is 2. The predicted octanol–water partition coefficient (Wildman–Crippen LogP) is 3.51. The van der Waals surface area contributed by atoms with Crippen molar-refractivity contribution in [1.82, 2.24) is 10.3 Å². The van der Waals surface area contributed by atoms with Crippen molar-refractivity contribution in [2.45, 2.75) is 6.92 Å². The molecular weight excluding hydrogens is 418 g/mol. The van der Waals surface area contributed by atoms with Crippen LogP contribution in [0.3, 0.4) is 0 Å². The second kappa shape index (κ2) is 9.94. The van der Waals surface area contributed by atoms with Crippen molar-refractivity contribution in [1.29, 1.82) is 0 Å². The smallest absolute Gasteiger partial charge is 0.251 e. The Morgan fingerprint density at radius 3 is 2.23 bits per heavy atom. The molecule has 0 saturated heterocycles. The number of aryl methyl sites for hydroxylation is 1. The van der Waals surface area contributed by atoms with E-state index in [-0.39, 0.29) is 18.0 Å². The van der Waals surface area contributed by atoms with Crippen LogP contribution in [0.25, 0.3) is 11.3 Å². The Morgan fingerprint density at radius 2 is 1.65 bits per heavy atom. The zero-order valence-corrected chi connectivity index (χ0v) is 18.5. The molecule has 0 unspecified atom stereocenters. The van der Waals surface area contributed by atoms with Crippen LogP contribution in [-0.4, -0.2) is 44.7 Å². The number of hydrogen-bond donors (Lipinski definition) is 2. The Morgan fingerprint density at radius 1 is 1.00 bits per heavy atom. The molecule has 2 amide bonds.